The van der Waals surface area contributed by atoms with Crippen LogP contribution in [0.3, 0.4) is 0 Å². The largest absolute Gasteiger partial charge is 0.504 e. The van der Waals surface area contributed by atoms with Gasteiger partial charge in [0.2, 0.25) is 0 Å². The molecule has 0 unspecified atom stereocenters. The summed E-state index contributed by atoms with van der Waals surface area (Å²) in [5.74, 6) is -0.490. The minimum Gasteiger partial charge on any atom is -0.504 e. The van der Waals surface area contributed by atoms with Gasteiger partial charge in [0.15, 0.2) is 11.5 Å². The minimum absolute atomic E-state index is 0.150. The van der Waals surface area contributed by atoms with E-state index < -0.39 is 0 Å². The lowest BCUT2D eigenvalue weighted by atomic mass is 10.1. The normalized spacial score (nSPS) is 10.1. The van der Waals surface area contributed by atoms with E-state index in [2.05, 4.69) is 10.3 Å². The van der Waals surface area contributed by atoms with Crippen molar-refractivity contribution < 1.29 is 15.0 Å². The van der Waals surface area contributed by atoms with Crippen molar-refractivity contribution >= 4 is 5.91 Å². The van der Waals surface area contributed by atoms with Crippen molar-refractivity contribution in [1.82, 2.24) is 10.3 Å². The Hall–Kier alpha value is -2.56. The zero-order chi connectivity index (χ0) is 13.7. The van der Waals surface area contributed by atoms with Crippen LogP contribution in [0.5, 0.6) is 11.5 Å². The summed E-state index contributed by atoms with van der Waals surface area (Å²) >= 11 is 0. The number of carbonyl (C=O) groups excluding carboxylic acids is 1. The predicted molar refractivity (Wildman–Crippen MR) is 70.0 cm³/mol. The zero-order valence-electron chi connectivity index (χ0n) is 10.2. The van der Waals surface area contributed by atoms with Crippen molar-refractivity contribution in [2.75, 3.05) is 6.54 Å². The highest BCUT2D eigenvalue weighted by Gasteiger charge is 2.05. The second-order valence-corrected chi connectivity index (χ2v) is 4.07. The number of rotatable bonds is 4. The SMILES string of the molecule is O=C(NCCc1ccc(O)c(O)c1)c1cccnc1. The molecule has 1 heterocycles. The van der Waals surface area contributed by atoms with Gasteiger partial charge in [-0.05, 0) is 36.2 Å². The molecule has 5 nitrogen and oxygen atoms in total. The molecule has 0 aliphatic carbocycles. The van der Waals surface area contributed by atoms with E-state index >= 15 is 0 Å². The maximum absolute atomic E-state index is 11.7. The number of benzene rings is 1. The van der Waals surface area contributed by atoms with Crippen LogP contribution < -0.4 is 5.32 Å². The second kappa shape index (κ2) is 5.86. The average Bonchev–Trinajstić information content (AvgIpc) is 2.43. The molecule has 2 rings (SSSR count). The molecule has 3 N–H and O–H groups in total. The first-order chi connectivity index (χ1) is 9.16. The molecule has 98 valence electrons. The van der Waals surface area contributed by atoms with Crippen molar-refractivity contribution in [2.45, 2.75) is 6.42 Å². The van der Waals surface area contributed by atoms with Crippen molar-refractivity contribution in [2.24, 2.45) is 0 Å². The number of carbonyl (C=O) groups is 1. The van der Waals surface area contributed by atoms with E-state index in [1.807, 2.05) is 0 Å². The van der Waals surface area contributed by atoms with Crippen LogP contribution in [0.1, 0.15) is 15.9 Å². The summed E-state index contributed by atoms with van der Waals surface area (Å²) in [7, 11) is 0. The predicted octanol–water partition coefficient (Wildman–Crippen LogP) is 1.47. The number of hydrogen-bond donors (Lipinski definition) is 3. The number of aromatic hydroxyl groups is 2. The fourth-order valence-electron chi connectivity index (χ4n) is 1.64. The van der Waals surface area contributed by atoms with Gasteiger partial charge < -0.3 is 15.5 Å². The Morgan fingerprint density at radius 3 is 2.74 bits per heavy atom. The van der Waals surface area contributed by atoms with Gasteiger partial charge in [0.05, 0.1) is 5.56 Å². The molecule has 0 fully saturated rings. The molecular weight excluding hydrogens is 244 g/mol. The average molecular weight is 258 g/mol. The van der Waals surface area contributed by atoms with Crippen LogP contribution in [0.15, 0.2) is 42.7 Å². The summed E-state index contributed by atoms with van der Waals surface area (Å²) in [4.78, 5) is 15.6. The summed E-state index contributed by atoms with van der Waals surface area (Å²) < 4.78 is 0. The molecule has 0 radical (unpaired) electrons. The fraction of sp³-hybridized carbons (Fsp3) is 0.143. The number of hydrogen-bond acceptors (Lipinski definition) is 4. The molecule has 0 aliphatic rings. The number of nitrogens with one attached hydrogen (secondary N) is 1. The van der Waals surface area contributed by atoms with Gasteiger partial charge in [0.25, 0.3) is 5.91 Å². The molecule has 1 aromatic heterocycles. The summed E-state index contributed by atoms with van der Waals surface area (Å²) in [6.45, 7) is 0.442. The summed E-state index contributed by atoms with van der Waals surface area (Å²) in [6, 6.07) is 7.99. The lowest BCUT2D eigenvalue weighted by Gasteiger charge is -2.06. The van der Waals surface area contributed by atoms with Gasteiger partial charge in [0.1, 0.15) is 0 Å². The summed E-state index contributed by atoms with van der Waals surface area (Å²) in [5, 5.41) is 21.3. The summed E-state index contributed by atoms with van der Waals surface area (Å²) in [6.07, 6.45) is 3.68. The van der Waals surface area contributed by atoms with Gasteiger partial charge in [-0.1, -0.05) is 6.07 Å². The van der Waals surface area contributed by atoms with E-state index in [0.29, 0.717) is 18.5 Å². The monoisotopic (exact) mass is 258 g/mol. The van der Waals surface area contributed by atoms with Crippen molar-refractivity contribution in [3.8, 4) is 11.5 Å². The van der Waals surface area contributed by atoms with E-state index in [9.17, 15) is 15.0 Å². The lowest BCUT2D eigenvalue weighted by Crippen LogP contribution is -2.25. The van der Waals surface area contributed by atoms with Crippen molar-refractivity contribution in [3.63, 3.8) is 0 Å². The highest BCUT2D eigenvalue weighted by molar-refractivity contribution is 5.93. The van der Waals surface area contributed by atoms with Crippen LogP contribution in [0.4, 0.5) is 0 Å². The van der Waals surface area contributed by atoms with Gasteiger partial charge in [0, 0.05) is 18.9 Å². The standard InChI is InChI=1S/C14H14N2O3/c17-12-4-3-10(8-13(12)18)5-7-16-14(19)11-2-1-6-15-9-11/h1-4,6,8-9,17-18H,5,7H2,(H,16,19). The Balaban J connectivity index is 1.87. The third-order valence-corrected chi connectivity index (χ3v) is 2.66. The third-order valence-electron chi connectivity index (χ3n) is 2.66. The van der Waals surface area contributed by atoms with Gasteiger partial charge in [-0.2, -0.15) is 0 Å². The number of amides is 1. The van der Waals surface area contributed by atoms with Crippen LogP contribution in [0.2, 0.25) is 0 Å². The highest BCUT2D eigenvalue weighted by Crippen LogP contribution is 2.24. The first-order valence-corrected chi connectivity index (χ1v) is 5.86. The molecule has 1 aromatic carbocycles. The lowest BCUT2D eigenvalue weighted by molar-refractivity contribution is 0.0954. The number of pyridine rings is 1. The molecule has 0 atom stereocenters. The van der Waals surface area contributed by atoms with E-state index in [1.54, 1.807) is 24.4 Å². The molecule has 0 saturated carbocycles. The number of nitrogens with zero attached hydrogens (tertiary/aromatic N) is 1. The number of aromatic nitrogens is 1. The topological polar surface area (TPSA) is 82.5 Å². The zero-order valence-corrected chi connectivity index (χ0v) is 10.2. The van der Waals surface area contributed by atoms with E-state index in [4.69, 9.17) is 0 Å². The van der Waals surface area contributed by atoms with E-state index in [0.717, 1.165) is 5.56 Å². The third kappa shape index (κ3) is 3.45. The number of phenolic OH excluding ortho intramolecular Hbond substituents is 2. The van der Waals surface area contributed by atoms with Crippen molar-refractivity contribution in [3.05, 3.63) is 53.9 Å². The molecule has 2 aromatic rings. The van der Waals surface area contributed by atoms with Crippen LogP contribution in [0.25, 0.3) is 0 Å². The Bertz CT molecular complexity index is 570. The van der Waals surface area contributed by atoms with Crippen LogP contribution in [-0.4, -0.2) is 27.6 Å². The molecule has 0 saturated heterocycles. The first kappa shape index (κ1) is 12.9. The summed E-state index contributed by atoms with van der Waals surface area (Å²) in [5.41, 5.74) is 1.35. The molecule has 0 spiro atoms. The highest BCUT2D eigenvalue weighted by atomic mass is 16.3. The Morgan fingerprint density at radius 1 is 1.21 bits per heavy atom. The second-order valence-electron chi connectivity index (χ2n) is 4.07. The van der Waals surface area contributed by atoms with Gasteiger partial charge >= 0.3 is 0 Å². The van der Waals surface area contributed by atoms with Crippen LogP contribution in [-0.2, 0) is 6.42 Å². The van der Waals surface area contributed by atoms with Crippen LogP contribution >= 0.6 is 0 Å². The molecule has 0 bridgehead atoms. The Labute approximate surface area is 110 Å². The number of phenols is 2. The van der Waals surface area contributed by atoms with E-state index in [1.165, 1.54) is 18.3 Å². The van der Waals surface area contributed by atoms with Gasteiger partial charge in [-0.15, -0.1) is 0 Å². The van der Waals surface area contributed by atoms with E-state index in [-0.39, 0.29) is 17.4 Å². The maximum Gasteiger partial charge on any atom is 0.252 e. The molecular formula is C14H14N2O3. The quantitative estimate of drug-likeness (QED) is 0.725. The molecule has 5 heteroatoms. The van der Waals surface area contributed by atoms with Crippen LogP contribution in [0, 0.1) is 0 Å². The van der Waals surface area contributed by atoms with Gasteiger partial charge in [-0.3, -0.25) is 9.78 Å². The Morgan fingerprint density at radius 2 is 2.05 bits per heavy atom. The molecule has 0 aliphatic heterocycles. The minimum atomic E-state index is -0.184. The van der Waals surface area contributed by atoms with Crippen molar-refractivity contribution in [1.29, 1.82) is 0 Å². The fourth-order valence-corrected chi connectivity index (χ4v) is 1.64. The Kier molecular flexibility index (Phi) is 3.97. The first-order valence-electron chi connectivity index (χ1n) is 5.86. The smallest absolute Gasteiger partial charge is 0.252 e. The van der Waals surface area contributed by atoms with Gasteiger partial charge in [-0.25, -0.2) is 0 Å². The maximum atomic E-state index is 11.7. The molecule has 19 heavy (non-hydrogen) atoms. The molecule has 1 amide bonds.